The molecule has 0 unspecified atom stereocenters. The van der Waals surface area contributed by atoms with E-state index < -0.39 is 23.5 Å². The Morgan fingerprint density at radius 3 is 1.93 bits per heavy atom. The van der Waals surface area contributed by atoms with Gasteiger partial charge < -0.3 is 25.0 Å². The summed E-state index contributed by atoms with van der Waals surface area (Å²) in [7, 11) is 1.72. The van der Waals surface area contributed by atoms with Crippen LogP contribution < -0.4 is 15.1 Å². The SMILES string of the molecule is CNc1nc(N(CC2CC2)CC2CC2)c(CN(Cc2cc(C(F)(F)F)cc(C(F)(F)F)c2)c2cc(C)on2)cc1C(C)=N. The van der Waals surface area contributed by atoms with E-state index in [2.05, 4.69) is 15.4 Å². The first-order valence-electron chi connectivity index (χ1n) is 14.2. The van der Waals surface area contributed by atoms with E-state index in [1.54, 1.807) is 31.9 Å². The lowest BCUT2D eigenvalue weighted by molar-refractivity contribution is -0.143. The first-order chi connectivity index (χ1) is 20.2. The van der Waals surface area contributed by atoms with Crippen molar-refractivity contribution in [2.45, 2.75) is 65.0 Å². The first kappa shape index (κ1) is 30.7. The number of aryl methyl sites for hydroxylation is 1. The van der Waals surface area contributed by atoms with Gasteiger partial charge in [-0.3, -0.25) is 0 Å². The Morgan fingerprint density at radius 1 is 0.907 bits per heavy atom. The number of aromatic nitrogens is 2. The highest BCUT2D eigenvalue weighted by atomic mass is 19.4. The van der Waals surface area contributed by atoms with Crippen LogP contribution in [0.3, 0.4) is 0 Å². The standard InChI is InChI=1S/C30H34F6N6O/c1-17-8-26(40-43-17)41(15-21-9-23(29(31,32)33)12-24(10-21)30(34,35)36)16-22-11-25(18(2)37)27(38-3)39-28(22)42(13-19-4-5-19)14-20-6-7-20/h8-12,19-20,37H,4-7,13-16H2,1-3H3,(H,38,39). The number of benzene rings is 1. The summed E-state index contributed by atoms with van der Waals surface area (Å²) in [6, 6.07) is 5.01. The Balaban J connectivity index is 1.59. The molecule has 7 nitrogen and oxygen atoms in total. The summed E-state index contributed by atoms with van der Waals surface area (Å²) in [6.07, 6.45) is -5.45. The molecule has 2 aliphatic carbocycles. The topological polar surface area (TPSA) is 81.3 Å². The molecule has 2 heterocycles. The highest BCUT2D eigenvalue weighted by Crippen LogP contribution is 2.39. The fraction of sp³-hybridized carbons (Fsp3) is 0.500. The molecule has 0 radical (unpaired) electrons. The summed E-state index contributed by atoms with van der Waals surface area (Å²) in [5, 5.41) is 15.5. The summed E-state index contributed by atoms with van der Waals surface area (Å²) in [5.41, 5.74) is -1.44. The van der Waals surface area contributed by atoms with Crippen LogP contribution in [0.2, 0.25) is 0 Å². The van der Waals surface area contributed by atoms with Crippen LogP contribution in [-0.4, -0.2) is 36.0 Å². The summed E-state index contributed by atoms with van der Waals surface area (Å²) in [5.74, 6) is 2.98. The second kappa shape index (κ2) is 11.7. The molecule has 3 aromatic rings. The monoisotopic (exact) mass is 608 g/mol. The molecule has 5 rings (SSSR count). The zero-order chi connectivity index (χ0) is 31.1. The van der Waals surface area contributed by atoms with Gasteiger partial charge in [0, 0.05) is 56.1 Å². The molecule has 2 fully saturated rings. The number of nitrogens with one attached hydrogen (secondary N) is 2. The van der Waals surface area contributed by atoms with Crippen LogP contribution in [0.4, 0.5) is 43.8 Å². The third-order valence-corrected chi connectivity index (χ3v) is 7.69. The van der Waals surface area contributed by atoms with Crippen LogP contribution in [0.25, 0.3) is 0 Å². The maximum atomic E-state index is 13.7. The molecule has 0 atom stereocenters. The van der Waals surface area contributed by atoms with Crippen LogP contribution in [0.15, 0.2) is 34.9 Å². The number of alkyl halides is 6. The van der Waals surface area contributed by atoms with Crippen molar-refractivity contribution in [1.82, 2.24) is 10.1 Å². The largest absolute Gasteiger partial charge is 0.416 e. The second-order valence-electron chi connectivity index (χ2n) is 11.6. The van der Waals surface area contributed by atoms with Gasteiger partial charge in [0.15, 0.2) is 5.82 Å². The lowest BCUT2D eigenvalue weighted by atomic mass is 10.0. The van der Waals surface area contributed by atoms with E-state index in [0.717, 1.165) is 50.9 Å². The van der Waals surface area contributed by atoms with Gasteiger partial charge in [-0.2, -0.15) is 26.3 Å². The van der Waals surface area contributed by atoms with Crippen molar-refractivity contribution in [3.63, 3.8) is 0 Å². The molecule has 0 aliphatic heterocycles. The van der Waals surface area contributed by atoms with E-state index in [9.17, 15) is 26.3 Å². The number of anilines is 3. The molecule has 43 heavy (non-hydrogen) atoms. The highest BCUT2D eigenvalue weighted by molar-refractivity contribution is 6.01. The fourth-order valence-electron chi connectivity index (χ4n) is 5.14. The molecule has 2 saturated carbocycles. The first-order valence-corrected chi connectivity index (χ1v) is 14.2. The van der Waals surface area contributed by atoms with Crippen LogP contribution in [0.5, 0.6) is 0 Å². The Hall–Kier alpha value is -3.77. The molecule has 2 N–H and O–H groups in total. The van der Waals surface area contributed by atoms with Crippen LogP contribution in [-0.2, 0) is 25.4 Å². The second-order valence-corrected chi connectivity index (χ2v) is 11.6. The Kier molecular flexibility index (Phi) is 8.36. The quantitative estimate of drug-likeness (QED) is 0.162. The third kappa shape index (κ3) is 7.61. The van der Waals surface area contributed by atoms with Crippen molar-refractivity contribution in [2.75, 3.05) is 35.3 Å². The molecule has 0 amide bonds. The zero-order valence-corrected chi connectivity index (χ0v) is 24.2. The molecular weight excluding hydrogens is 574 g/mol. The van der Waals surface area contributed by atoms with Crippen molar-refractivity contribution in [1.29, 1.82) is 5.41 Å². The lowest BCUT2D eigenvalue weighted by Gasteiger charge is -2.30. The summed E-state index contributed by atoms with van der Waals surface area (Å²) >= 11 is 0. The zero-order valence-electron chi connectivity index (χ0n) is 24.2. The van der Waals surface area contributed by atoms with E-state index in [1.807, 2.05) is 6.07 Å². The van der Waals surface area contributed by atoms with Crippen molar-refractivity contribution in [3.8, 4) is 0 Å². The van der Waals surface area contributed by atoms with Crippen LogP contribution in [0, 0.1) is 24.2 Å². The molecule has 1 aromatic carbocycles. The molecule has 0 bridgehead atoms. The summed E-state index contributed by atoms with van der Waals surface area (Å²) < 4.78 is 87.2. The Bertz CT molecular complexity index is 1430. The van der Waals surface area contributed by atoms with Crippen molar-refractivity contribution in [3.05, 3.63) is 63.9 Å². The Morgan fingerprint density at radius 2 is 1.49 bits per heavy atom. The van der Waals surface area contributed by atoms with Gasteiger partial charge in [0.25, 0.3) is 0 Å². The maximum Gasteiger partial charge on any atom is 0.416 e. The van der Waals surface area contributed by atoms with E-state index in [0.29, 0.717) is 40.4 Å². The van der Waals surface area contributed by atoms with E-state index >= 15 is 0 Å². The van der Waals surface area contributed by atoms with Gasteiger partial charge >= 0.3 is 12.4 Å². The van der Waals surface area contributed by atoms with Gasteiger partial charge in [0.05, 0.1) is 11.1 Å². The minimum absolute atomic E-state index is 0.0576. The van der Waals surface area contributed by atoms with E-state index in [1.165, 1.54) is 0 Å². The molecule has 0 saturated heterocycles. The average molecular weight is 609 g/mol. The predicted molar refractivity (Wildman–Crippen MR) is 152 cm³/mol. The van der Waals surface area contributed by atoms with Crippen LogP contribution >= 0.6 is 0 Å². The Labute approximate surface area is 245 Å². The minimum atomic E-state index is -4.96. The number of pyridine rings is 1. The van der Waals surface area contributed by atoms with Crippen LogP contribution in [0.1, 0.15) is 66.2 Å². The fourth-order valence-corrected chi connectivity index (χ4v) is 5.14. The molecule has 2 aromatic heterocycles. The summed E-state index contributed by atoms with van der Waals surface area (Å²) in [4.78, 5) is 8.76. The highest BCUT2D eigenvalue weighted by Gasteiger charge is 2.37. The maximum absolute atomic E-state index is 13.7. The number of nitrogens with zero attached hydrogens (tertiary/aromatic N) is 4. The van der Waals surface area contributed by atoms with E-state index in [-0.39, 0.29) is 36.2 Å². The molecule has 0 spiro atoms. The molecule has 2 aliphatic rings. The molecular formula is C30H34F6N6O. The van der Waals surface area contributed by atoms with Gasteiger partial charge in [-0.25, -0.2) is 4.98 Å². The van der Waals surface area contributed by atoms with Gasteiger partial charge in [0.2, 0.25) is 0 Å². The van der Waals surface area contributed by atoms with Gasteiger partial charge in [-0.15, -0.1) is 0 Å². The summed E-state index contributed by atoms with van der Waals surface area (Å²) in [6.45, 7) is 4.63. The number of hydrogen-bond acceptors (Lipinski definition) is 7. The van der Waals surface area contributed by atoms with Gasteiger partial charge in [0.1, 0.15) is 17.4 Å². The van der Waals surface area contributed by atoms with Gasteiger partial charge in [-0.1, -0.05) is 5.16 Å². The molecule has 13 heteroatoms. The van der Waals surface area contributed by atoms with E-state index in [4.69, 9.17) is 14.9 Å². The third-order valence-electron chi connectivity index (χ3n) is 7.69. The minimum Gasteiger partial charge on any atom is -0.373 e. The van der Waals surface area contributed by atoms with Crippen molar-refractivity contribution < 1.29 is 30.9 Å². The number of hydrogen-bond donors (Lipinski definition) is 2. The lowest BCUT2D eigenvalue weighted by Crippen LogP contribution is -2.32. The number of halogens is 6. The van der Waals surface area contributed by atoms with Gasteiger partial charge in [-0.05, 0) is 81.2 Å². The normalized spacial score (nSPS) is 15.5. The average Bonchev–Trinajstić information content (AvgIpc) is 3.87. The number of rotatable bonds is 12. The van der Waals surface area contributed by atoms with Crippen molar-refractivity contribution in [2.24, 2.45) is 11.8 Å². The van der Waals surface area contributed by atoms with Crippen molar-refractivity contribution >= 4 is 23.2 Å². The molecule has 232 valence electrons. The predicted octanol–water partition coefficient (Wildman–Crippen LogP) is 7.68. The smallest absolute Gasteiger partial charge is 0.373 e.